The summed E-state index contributed by atoms with van der Waals surface area (Å²) < 4.78 is 16.9. The second-order valence-corrected chi connectivity index (χ2v) is 6.22. The molecule has 3 nitrogen and oxygen atoms in total. The molecule has 128 valence electrons. The Hall–Kier alpha value is -1.84. The van der Waals surface area contributed by atoms with Gasteiger partial charge in [-0.05, 0) is 61.4 Å². The Balaban J connectivity index is 1.68. The lowest BCUT2D eigenvalue weighted by Crippen LogP contribution is -2.23. The van der Waals surface area contributed by atoms with Gasteiger partial charge in [0.2, 0.25) is 0 Å². The van der Waals surface area contributed by atoms with Gasteiger partial charge in [-0.1, -0.05) is 36.4 Å². The topological polar surface area (TPSA) is 27.7 Å². The van der Waals surface area contributed by atoms with Gasteiger partial charge < -0.3 is 14.2 Å². The first-order valence-corrected chi connectivity index (χ1v) is 8.77. The Bertz CT molecular complexity index is 636. The van der Waals surface area contributed by atoms with Crippen LogP contribution < -0.4 is 4.74 Å². The van der Waals surface area contributed by atoms with Crippen LogP contribution in [0.3, 0.4) is 0 Å². The number of benzene rings is 2. The van der Waals surface area contributed by atoms with Crippen LogP contribution in [0, 0.1) is 0 Å². The van der Waals surface area contributed by atoms with Crippen LogP contribution in [-0.2, 0) is 15.9 Å². The van der Waals surface area contributed by atoms with E-state index in [0.717, 1.165) is 31.4 Å². The fraction of sp³-hybridized carbons (Fsp3) is 0.429. The van der Waals surface area contributed by atoms with E-state index >= 15 is 0 Å². The molecule has 3 rings (SSSR count). The Morgan fingerprint density at radius 3 is 2.62 bits per heavy atom. The van der Waals surface area contributed by atoms with Gasteiger partial charge in [0, 0.05) is 7.11 Å². The molecule has 0 spiro atoms. The maximum Gasteiger partial charge on any atom is 0.158 e. The number of methoxy groups -OCH3 is 1. The number of hydrogen-bond donors (Lipinski definition) is 0. The third kappa shape index (κ3) is 4.37. The molecule has 1 saturated heterocycles. The Labute approximate surface area is 144 Å². The molecule has 24 heavy (non-hydrogen) atoms. The highest BCUT2D eigenvalue weighted by Crippen LogP contribution is 2.32. The first kappa shape index (κ1) is 17.0. The molecular weight excluding hydrogens is 300 g/mol. The lowest BCUT2D eigenvalue weighted by Gasteiger charge is -2.29. The molecule has 0 aliphatic carbocycles. The third-order valence-corrected chi connectivity index (χ3v) is 4.45. The van der Waals surface area contributed by atoms with E-state index in [-0.39, 0.29) is 12.4 Å². The average Bonchev–Trinajstić information content (AvgIpc) is 2.64. The fourth-order valence-corrected chi connectivity index (χ4v) is 3.22. The van der Waals surface area contributed by atoms with Crippen LogP contribution in [0.15, 0.2) is 48.5 Å². The van der Waals surface area contributed by atoms with Crippen LogP contribution >= 0.6 is 0 Å². The molecular formula is C21H26O3. The SMILES string of the molecule is CCOc1ccc(Cc2cccc(C3CCCC(OC)O3)c2)cc1. The van der Waals surface area contributed by atoms with Crippen LogP contribution in [0.2, 0.25) is 0 Å². The fourth-order valence-electron chi connectivity index (χ4n) is 3.22. The van der Waals surface area contributed by atoms with Crippen molar-refractivity contribution in [1.82, 2.24) is 0 Å². The van der Waals surface area contributed by atoms with Gasteiger partial charge in [0.05, 0.1) is 12.7 Å². The van der Waals surface area contributed by atoms with Gasteiger partial charge in [0.15, 0.2) is 6.29 Å². The summed E-state index contributed by atoms with van der Waals surface area (Å²) in [4.78, 5) is 0. The van der Waals surface area contributed by atoms with Crippen molar-refractivity contribution >= 4 is 0 Å². The van der Waals surface area contributed by atoms with Crippen molar-refractivity contribution in [2.45, 2.75) is 45.0 Å². The van der Waals surface area contributed by atoms with Crippen LogP contribution in [-0.4, -0.2) is 20.0 Å². The van der Waals surface area contributed by atoms with Crippen molar-refractivity contribution in [1.29, 1.82) is 0 Å². The van der Waals surface area contributed by atoms with Crippen LogP contribution in [0.4, 0.5) is 0 Å². The standard InChI is InChI=1S/C21H26O3/c1-3-23-19-12-10-16(11-13-19)14-17-6-4-7-18(15-17)20-8-5-9-21(22-2)24-20/h4,6-7,10-13,15,20-21H,3,5,8-9,14H2,1-2H3. The Kier molecular flexibility index (Phi) is 5.89. The number of hydrogen-bond acceptors (Lipinski definition) is 3. The van der Waals surface area contributed by atoms with Gasteiger partial charge in [-0.25, -0.2) is 0 Å². The summed E-state index contributed by atoms with van der Waals surface area (Å²) in [6, 6.07) is 17.1. The Morgan fingerprint density at radius 1 is 1.04 bits per heavy atom. The molecule has 0 saturated carbocycles. The maximum atomic E-state index is 6.03. The first-order chi connectivity index (χ1) is 11.8. The second-order valence-electron chi connectivity index (χ2n) is 6.22. The molecule has 1 fully saturated rings. The highest BCUT2D eigenvalue weighted by atomic mass is 16.7. The summed E-state index contributed by atoms with van der Waals surface area (Å²) in [7, 11) is 1.72. The molecule has 2 atom stereocenters. The highest BCUT2D eigenvalue weighted by molar-refractivity contribution is 5.33. The molecule has 2 aromatic carbocycles. The van der Waals surface area contributed by atoms with E-state index in [1.54, 1.807) is 7.11 Å². The van der Waals surface area contributed by atoms with E-state index in [1.165, 1.54) is 16.7 Å². The molecule has 0 amide bonds. The zero-order valence-electron chi connectivity index (χ0n) is 14.5. The molecule has 3 heteroatoms. The largest absolute Gasteiger partial charge is 0.494 e. The minimum Gasteiger partial charge on any atom is -0.494 e. The predicted molar refractivity (Wildman–Crippen MR) is 95.3 cm³/mol. The zero-order valence-corrected chi connectivity index (χ0v) is 14.5. The molecule has 0 aromatic heterocycles. The van der Waals surface area contributed by atoms with Gasteiger partial charge in [0.1, 0.15) is 5.75 Å². The van der Waals surface area contributed by atoms with E-state index < -0.39 is 0 Å². The van der Waals surface area contributed by atoms with E-state index in [1.807, 2.05) is 19.1 Å². The minimum atomic E-state index is -0.0708. The summed E-state index contributed by atoms with van der Waals surface area (Å²) in [5.74, 6) is 0.927. The summed E-state index contributed by atoms with van der Waals surface area (Å²) >= 11 is 0. The van der Waals surface area contributed by atoms with Crippen molar-refractivity contribution in [3.05, 3.63) is 65.2 Å². The van der Waals surface area contributed by atoms with Crippen molar-refractivity contribution < 1.29 is 14.2 Å². The first-order valence-electron chi connectivity index (χ1n) is 8.77. The minimum absolute atomic E-state index is 0.0708. The van der Waals surface area contributed by atoms with E-state index in [4.69, 9.17) is 14.2 Å². The molecule has 0 bridgehead atoms. The van der Waals surface area contributed by atoms with Gasteiger partial charge in [0.25, 0.3) is 0 Å². The molecule has 1 aliphatic rings. The predicted octanol–water partition coefficient (Wildman–Crippen LogP) is 4.89. The average molecular weight is 326 g/mol. The number of ether oxygens (including phenoxy) is 3. The molecule has 1 aliphatic heterocycles. The van der Waals surface area contributed by atoms with Gasteiger partial charge in [-0.3, -0.25) is 0 Å². The smallest absolute Gasteiger partial charge is 0.158 e. The molecule has 2 unspecified atom stereocenters. The normalized spacial score (nSPS) is 20.8. The monoisotopic (exact) mass is 326 g/mol. The highest BCUT2D eigenvalue weighted by Gasteiger charge is 2.23. The summed E-state index contributed by atoms with van der Waals surface area (Å²) in [5, 5.41) is 0. The Morgan fingerprint density at radius 2 is 1.88 bits per heavy atom. The zero-order chi connectivity index (χ0) is 16.8. The summed E-state index contributed by atoms with van der Waals surface area (Å²) in [5.41, 5.74) is 3.84. The van der Waals surface area contributed by atoms with Crippen molar-refractivity contribution in [3.63, 3.8) is 0 Å². The van der Waals surface area contributed by atoms with Gasteiger partial charge in [-0.15, -0.1) is 0 Å². The van der Waals surface area contributed by atoms with Crippen molar-refractivity contribution in [3.8, 4) is 5.75 Å². The lowest BCUT2D eigenvalue weighted by molar-refractivity contribution is -0.182. The maximum absolute atomic E-state index is 6.03. The molecule has 1 heterocycles. The van der Waals surface area contributed by atoms with Crippen LogP contribution in [0.25, 0.3) is 0 Å². The lowest BCUT2D eigenvalue weighted by atomic mass is 9.97. The molecule has 0 radical (unpaired) electrons. The summed E-state index contributed by atoms with van der Waals surface area (Å²) in [6.45, 7) is 2.70. The van der Waals surface area contributed by atoms with Crippen LogP contribution in [0.1, 0.15) is 49.0 Å². The second kappa shape index (κ2) is 8.32. The van der Waals surface area contributed by atoms with E-state index in [0.29, 0.717) is 6.61 Å². The van der Waals surface area contributed by atoms with Gasteiger partial charge in [-0.2, -0.15) is 0 Å². The van der Waals surface area contributed by atoms with E-state index in [2.05, 4.69) is 36.4 Å². The molecule has 2 aromatic rings. The van der Waals surface area contributed by atoms with Gasteiger partial charge >= 0.3 is 0 Å². The molecule has 0 N–H and O–H groups in total. The van der Waals surface area contributed by atoms with Crippen molar-refractivity contribution in [2.24, 2.45) is 0 Å². The summed E-state index contributed by atoms with van der Waals surface area (Å²) in [6.07, 6.45) is 4.18. The third-order valence-electron chi connectivity index (χ3n) is 4.45. The number of rotatable bonds is 6. The van der Waals surface area contributed by atoms with Crippen LogP contribution in [0.5, 0.6) is 5.75 Å². The van der Waals surface area contributed by atoms with E-state index in [9.17, 15) is 0 Å². The van der Waals surface area contributed by atoms with Crippen molar-refractivity contribution in [2.75, 3.05) is 13.7 Å². The quantitative estimate of drug-likeness (QED) is 0.756.